The largest absolute Gasteiger partial charge is 0.465 e. The molecule has 2 N–H and O–H groups in total. The van der Waals surface area contributed by atoms with Crippen LogP contribution in [0.25, 0.3) is 22.5 Å². The Morgan fingerprint density at radius 3 is 2.60 bits per heavy atom. The summed E-state index contributed by atoms with van der Waals surface area (Å²) in [5.41, 5.74) is 8.66. The number of hydrogen-bond donors (Lipinski definition) is 1. The van der Waals surface area contributed by atoms with Crippen LogP contribution in [0, 0.1) is 18.3 Å². The van der Waals surface area contributed by atoms with E-state index in [-0.39, 0.29) is 17.0 Å². The highest BCUT2D eigenvalue weighted by Crippen LogP contribution is 2.22. The van der Waals surface area contributed by atoms with Crippen molar-refractivity contribution in [1.29, 1.82) is 5.26 Å². The third kappa shape index (κ3) is 2.79. The molecule has 2 heterocycles. The third-order valence-corrected chi connectivity index (χ3v) is 3.67. The van der Waals surface area contributed by atoms with E-state index in [0.29, 0.717) is 11.2 Å². The Bertz CT molecular complexity index is 1030. The summed E-state index contributed by atoms with van der Waals surface area (Å²) in [6.45, 7) is 2.00. The van der Waals surface area contributed by atoms with Crippen molar-refractivity contribution in [2.24, 2.45) is 5.73 Å². The molecule has 0 aliphatic heterocycles. The zero-order chi connectivity index (χ0) is 18.0. The second kappa shape index (κ2) is 6.41. The number of benzene rings is 1. The molecule has 0 saturated carbocycles. The van der Waals surface area contributed by atoms with Crippen molar-refractivity contribution in [2.75, 3.05) is 7.11 Å². The molecule has 1 aromatic carbocycles. The van der Waals surface area contributed by atoms with E-state index in [4.69, 9.17) is 5.73 Å². The predicted molar refractivity (Wildman–Crippen MR) is 90.1 cm³/mol. The Kier molecular flexibility index (Phi) is 4.14. The number of fused-ring (bicyclic) bond motifs is 1. The number of nitrogens with zero attached hydrogens (tertiary/aromatic N) is 5. The zero-order valence-electron chi connectivity index (χ0n) is 13.6. The highest BCUT2D eigenvalue weighted by molar-refractivity contribution is 6.02. The van der Waals surface area contributed by atoms with Gasteiger partial charge in [-0.2, -0.15) is 5.26 Å². The minimum absolute atomic E-state index is 0.101. The van der Waals surface area contributed by atoms with Crippen molar-refractivity contribution in [2.45, 2.75) is 6.92 Å². The minimum atomic E-state index is -0.829. The van der Waals surface area contributed by atoms with E-state index >= 15 is 0 Å². The highest BCUT2D eigenvalue weighted by atomic mass is 16.5. The van der Waals surface area contributed by atoms with Crippen LogP contribution in [-0.4, -0.2) is 32.6 Å². The number of nitrogens with two attached hydrogens (primary N) is 1. The summed E-state index contributed by atoms with van der Waals surface area (Å²) in [7, 11) is 1.18. The molecule has 0 fully saturated rings. The molecule has 0 aliphatic carbocycles. The van der Waals surface area contributed by atoms with Crippen molar-refractivity contribution in [3.8, 4) is 11.8 Å². The lowest BCUT2D eigenvalue weighted by atomic mass is 10.1. The van der Waals surface area contributed by atoms with E-state index in [2.05, 4.69) is 19.7 Å². The normalized spacial score (nSPS) is 11.7. The topological polar surface area (TPSA) is 120 Å². The summed E-state index contributed by atoms with van der Waals surface area (Å²) >= 11 is 0. The lowest BCUT2D eigenvalue weighted by Gasteiger charge is -2.06. The van der Waals surface area contributed by atoms with E-state index in [1.807, 2.05) is 31.2 Å². The number of imidazole rings is 1. The molecule has 8 heteroatoms. The fraction of sp³-hybridized carbons (Fsp3) is 0.118. The molecule has 2 aromatic heterocycles. The van der Waals surface area contributed by atoms with Crippen LogP contribution in [0.2, 0.25) is 0 Å². The molecule has 0 unspecified atom stereocenters. The van der Waals surface area contributed by atoms with Crippen molar-refractivity contribution in [3.05, 3.63) is 53.8 Å². The minimum Gasteiger partial charge on any atom is -0.465 e. The van der Waals surface area contributed by atoms with Crippen LogP contribution >= 0.6 is 0 Å². The molecule has 25 heavy (non-hydrogen) atoms. The number of carbonyl (C=O) groups is 1. The number of methoxy groups -OCH3 is 1. The lowest BCUT2D eigenvalue weighted by Crippen LogP contribution is -2.12. The summed E-state index contributed by atoms with van der Waals surface area (Å²) in [6, 6.07) is 9.57. The van der Waals surface area contributed by atoms with Crippen LogP contribution in [-0.2, 0) is 9.53 Å². The van der Waals surface area contributed by atoms with Crippen LogP contribution in [0.1, 0.15) is 11.3 Å². The molecular formula is C17H14N6O2. The summed E-state index contributed by atoms with van der Waals surface area (Å²) in [4.78, 5) is 24.3. The molecule has 0 bridgehead atoms. The molecule has 0 spiro atoms. The third-order valence-electron chi connectivity index (χ3n) is 3.67. The van der Waals surface area contributed by atoms with Crippen LogP contribution in [0.5, 0.6) is 0 Å². The van der Waals surface area contributed by atoms with Crippen molar-refractivity contribution in [3.63, 3.8) is 0 Å². The maximum atomic E-state index is 11.7. The molecular weight excluding hydrogens is 320 g/mol. The van der Waals surface area contributed by atoms with Gasteiger partial charge < -0.3 is 10.5 Å². The Morgan fingerprint density at radius 2 is 1.96 bits per heavy atom. The van der Waals surface area contributed by atoms with Crippen LogP contribution in [0.4, 0.5) is 0 Å². The lowest BCUT2D eigenvalue weighted by molar-refractivity contribution is -0.135. The molecule has 0 amide bonds. The first kappa shape index (κ1) is 16.1. The number of aryl methyl sites for hydroxylation is 1. The molecule has 0 aliphatic rings. The standard InChI is InChI=1S/C17H14N6O2/c1-10-3-5-11(6-4-10)23-9-22-15-14(20-8-21-16(15)23)13(19)12(7-18)17(24)25-2/h3-6,8-9H,19H2,1-2H3/b13-12+. The molecule has 8 nitrogen and oxygen atoms in total. The van der Waals surface area contributed by atoms with E-state index in [9.17, 15) is 10.1 Å². The summed E-state index contributed by atoms with van der Waals surface area (Å²) in [6.07, 6.45) is 2.90. The fourth-order valence-corrected chi connectivity index (χ4v) is 2.36. The van der Waals surface area contributed by atoms with E-state index < -0.39 is 5.97 Å². The summed E-state index contributed by atoms with van der Waals surface area (Å²) in [5.74, 6) is -0.829. The average molecular weight is 334 g/mol. The van der Waals surface area contributed by atoms with Gasteiger partial charge in [-0.15, -0.1) is 0 Å². The van der Waals surface area contributed by atoms with Gasteiger partial charge in [-0.1, -0.05) is 17.7 Å². The van der Waals surface area contributed by atoms with Gasteiger partial charge in [-0.25, -0.2) is 19.7 Å². The Balaban J connectivity index is 2.20. The maximum absolute atomic E-state index is 11.7. The van der Waals surface area contributed by atoms with Crippen LogP contribution in [0.3, 0.4) is 0 Å². The number of carbonyl (C=O) groups excluding carboxylic acids is 1. The van der Waals surface area contributed by atoms with Crippen LogP contribution < -0.4 is 5.73 Å². The number of hydrogen-bond acceptors (Lipinski definition) is 7. The quantitative estimate of drug-likeness (QED) is 0.437. The molecule has 124 valence electrons. The van der Waals surface area contributed by atoms with Gasteiger partial charge in [0.25, 0.3) is 0 Å². The maximum Gasteiger partial charge on any atom is 0.350 e. The van der Waals surface area contributed by atoms with Crippen molar-refractivity contribution >= 4 is 22.8 Å². The van der Waals surface area contributed by atoms with Gasteiger partial charge in [0, 0.05) is 5.69 Å². The van der Waals surface area contributed by atoms with Gasteiger partial charge in [-0.3, -0.25) is 4.57 Å². The Labute approximate surface area is 143 Å². The SMILES string of the molecule is COC(=O)/C(C#N)=C(/N)c1ncnc2c1ncn2-c1ccc(C)cc1. The summed E-state index contributed by atoms with van der Waals surface area (Å²) in [5, 5.41) is 9.18. The molecule has 0 saturated heterocycles. The predicted octanol–water partition coefficient (Wildman–Crippen LogP) is 1.49. The zero-order valence-corrected chi connectivity index (χ0v) is 13.6. The molecule has 3 aromatic rings. The van der Waals surface area contributed by atoms with Crippen molar-refractivity contribution in [1.82, 2.24) is 19.5 Å². The first-order valence-corrected chi connectivity index (χ1v) is 7.30. The molecule has 0 atom stereocenters. The number of esters is 1. The number of nitriles is 1. The highest BCUT2D eigenvalue weighted by Gasteiger charge is 2.20. The first-order chi connectivity index (χ1) is 12.1. The Hall–Kier alpha value is -3.73. The second-order valence-electron chi connectivity index (χ2n) is 5.24. The van der Waals surface area contributed by atoms with Gasteiger partial charge >= 0.3 is 5.97 Å². The summed E-state index contributed by atoms with van der Waals surface area (Å²) < 4.78 is 6.35. The number of ether oxygens (including phenoxy) is 1. The van der Waals surface area contributed by atoms with Gasteiger partial charge in [0.15, 0.2) is 11.2 Å². The van der Waals surface area contributed by atoms with Gasteiger partial charge in [0.05, 0.1) is 12.8 Å². The monoisotopic (exact) mass is 334 g/mol. The van der Waals surface area contributed by atoms with E-state index in [1.165, 1.54) is 13.4 Å². The smallest absolute Gasteiger partial charge is 0.350 e. The van der Waals surface area contributed by atoms with E-state index in [0.717, 1.165) is 11.3 Å². The Morgan fingerprint density at radius 1 is 1.24 bits per heavy atom. The molecule has 3 rings (SSSR count). The number of rotatable bonds is 3. The average Bonchev–Trinajstić information content (AvgIpc) is 3.06. The first-order valence-electron chi connectivity index (χ1n) is 7.30. The van der Waals surface area contributed by atoms with Gasteiger partial charge in [-0.05, 0) is 19.1 Å². The number of aromatic nitrogens is 4. The molecule has 0 radical (unpaired) electrons. The van der Waals surface area contributed by atoms with Crippen molar-refractivity contribution < 1.29 is 9.53 Å². The second-order valence-corrected chi connectivity index (χ2v) is 5.24. The van der Waals surface area contributed by atoms with Crippen LogP contribution in [0.15, 0.2) is 42.5 Å². The van der Waals surface area contributed by atoms with Gasteiger partial charge in [0.2, 0.25) is 0 Å². The van der Waals surface area contributed by atoms with E-state index in [1.54, 1.807) is 17.0 Å². The fourth-order valence-electron chi connectivity index (χ4n) is 2.36. The van der Waals surface area contributed by atoms with Gasteiger partial charge in [0.1, 0.15) is 29.9 Å².